The molecule has 0 spiro atoms. The third kappa shape index (κ3) is 4.99. The summed E-state index contributed by atoms with van der Waals surface area (Å²) < 4.78 is 0. The van der Waals surface area contributed by atoms with Crippen molar-refractivity contribution in [1.82, 2.24) is 10.2 Å². The molecule has 1 amide bonds. The molecule has 4 heteroatoms. The van der Waals surface area contributed by atoms with E-state index in [1.807, 2.05) is 18.0 Å². The summed E-state index contributed by atoms with van der Waals surface area (Å²) in [5, 5.41) is 3.12. The Labute approximate surface area is 105 Å². The molecule has 1 aliphatic heterocycles. The number of carbonyl (C=O) groups excluding carboxylic acids is 1. The number of hydrogen-bond donors (Lipinski definition) is 1. The normalized spacial score (nSPS) is 14.8. The average molecular weight is 247 g/mol. The van der Waals surface area contributed by atoms with E-state index in [2.05, 4.69) is 11.9 Å². The molecule has 0 atom stereocenters. The number of unbranched alkanes of at least 4 members (excludes halogenated alkanes) is 3. The zero-order chi connectivity index (χ0) is 11.1. The van der Waals surface area contributed by atoms with Gasteiger partial charge in [-0.2, -0.15) is 0 Å². The van der Waals surface area contributed by atoms with E-state index in [1.54, 1.807) is 0 Å². The summed E-state index contributed by atoms with van der Waals surface area (Å²) in [7, 11) is 1.91. The van der Waals surface area contributed by atoms with Gasteiger partial charge in [-0.15, -0.1) is 19.0 Å². The number of rotatable bonds is 7. The molecule has 16 heavy (non-hydrogen) atoms. The lowest BCUT2D eigenvalue weighted by atomic mass is 10.0. The molecule has 0 radical (unpaired) electrons. The van der Waals surface area contributed by atoms with Crippen LogP contribution < -0.4 is 5.32 Å². The Balaban J connectivity index is 0.00000225. The molecule has 1 N–H and O–H groups in total. The first-order chi connectivity index (χ1) is 7.25. The molecule has 0 saturated carbocycles. The van der Waals surface area contributed by atoms with Crippen molar-refractivity contribution in [2.75, 3.05) is 26.7 Å². The Hall–Kier alpha value is -0.540. The van der Waals surface area contributed by atoms with Gasteiger partial charge in [0.2, 0.25) is 5.91 Å². The number of amides is 1. The largest absolute Gasteiger partial charge is 0.345 e. The zero-order valence-corrected chi connectivity index (χ0v) is 10.9. The maximum Gasteiger partial charge on any atom is 0.227 e. The molecule has 0 aromatic heterocycles. The Bertz CT molecular complexity index is 217. The Kier molecular flexibility index (Phi) is 8.30. The van der Waals surface area contributed by atoms with Crippen LogP contribution in [0.5, 0.6) is 0 Å². The van der Waals surface area contributed by atoms with Gasteiger partial charge in [0.05, 0.1) is 5.92 Å². The standard InChI is InChI=1S/C12H22N2O.ClH/c1-3-4-5-6-7-8-14(2)12(15)11-9-13-10-11;/h3,11,13H,1,4-10H2,2H3;1H. The lowest BCUT2D eigenvalue weighted by molar-refractivity contribution is -0.135. The Morgan fingerprint density at radius 1 is 1.44 bits per heavy atom. The van der Waals surface area contributed by atoms with Gasteiger partial charge in [0.1, 0.15) is 0 Å². The fourth-order valence-corrected chi connectivity index (χ4v) is 1.70. The first-order valence-electron chi connectivity index (χ1n) is 5.82. The van der Waals surface area contributed by atoms with E-state index in [4.69, 9.17) is 0 Å². The monoisotopic (exact) mass is 246 g/mol. The number of hydrogen-bond acceptors (Lipinski definition) is 2. The predicted octanol–water partition coefficient (Wildman–Crippen LogP) is 1.83. The second-order valence-electron chi connectivity index (χ2n) is 4.25. The molecular weight excluding hydrogens is 224 g/mol. The van der Waals surface area contributed by atoms with Crippen LogP contribution in [0, 0.1) is 5.92 Å². The summed E-state index contributed by atoms with van der Waals surface area (Å²) in [6.45, 7) is 6.31. The molecule has 1 saturated heterocycles. The third-order valence-electron chi connectivity index (χ3n) is 2.91. The fraction of sp³-hybridized carbons (Fsp3) is 0.750. The van der Waals surface area contributed by atoms with Crippen LogP contribution >= 0.6 is 12.4 Å². The molecule has 1 heterocycles. The Morgan fingerprint density at radius 3 is 2.62 bits per heavy atom. The highest BCUT2D eigenvalue weighted by Gasteiger charge is 2.26. The minimum atomic E-state index is 0. The predicted molar refractivity (Wildman–Crippen MR) is 69.9 cm³/mol. The van der Waals surface area contributed by atoms with E-state index < -0.39 is 0 Å². The van der Waals surface area contributed by atoms with Crippen molar-refractivity contribution < 1.29 is 4.79 Å². The van der Waals surface area contributed by atoms with Gasteiger partial charge in [-0.1, -0.05) is 12.5 Å². The van der Waals surface area contributed by atoms with E-state index in [0.29, 0.717) is 5.91 Å². The summed E-state index contributed by atoms with van der Waals surface area (Å²) in [4.78, 5) is 13.6. The summed E-state index contributed by atoms with van der Waals surface area (Å²) in [6.07, 6.45) is 6.53. The molecule has 0 aromatic carbocycles. The topological polar surface area (TPSA) is 32.3 Å². The summed E-state index contributed by atoms with van der Waals surface area (Å²) in [5.74, 6) is 0.542. The molecule has 0 aromatic rings. The van der Waals surface area contributed by atoms with Crippen molar-refractivity contribution in [2.45, 2.75) is 25.7 Å². The number of nitrogens with zero attached hydrogens (tertiary/aromatic N) is 1. The number of halogens is 1. The number of carbonyl (C=O) groups is 1. The van der Waals surface area contributed by atoms with Crippen molar-refractivity contribution in [3.8, 4) is 0 Å². The first-order valence-corrected chi connectivity index (χ1v) is 5.82. The smallest absolute Gasteiger partial charge is 0.227 e. The molecule has 0 aliphatic carbocycles. The van der Waals surface area contributed by atoms with E-state index in [0.717, 1.165) is 32.5 Å². The van der Waals surface area contributed by atoms with Crippen LogP contribution in [-0.2, 0) is 4.79 Å². The molecule has 94 valence electrons. The lowest BCUT2D eigenvalue weighted by Crippen LogP contribution is -2.51. The highest BCUT2D eigenvalue weighted by atomic mass is 35.5. The van der Waals surface area contributed by atoms with Crippen LogP contribution in [0.15, 0.2) is 12.7 Å². The third-order valence-corrected chi connectivity index (χ3v) is 2.91. The Morgan fingerprint density at radius 2 is 2.12 bits per heavy atom. The van der Waals surface area contributed by atoms with Crippen molar-refractivity contribution in [2.24, 2.45) is 5.92 Å². The quantitative estimate of drug-likeness (QED) is 0.549. The van der Waals surface area contributed by atoms with Gasteiger partial charge in [-0.3, -0.25) is 4.79 Å². The van der Waals surface area contributed by atoms with Crippen molar-refractivity contribution >= 4 is 18.3 Å². The van der Waals surface area contributed by atoms with E-state index in [-0.39, 0.29) is 18.3 Å². The molecule has 1 rings (SSSR count). The summed E-state index contributed by atoms with van der Waals surface area (Å²) in [5.41, 5.74) is 0. The van der Waals surface area contributed by atoms with Gasteiger partial charge in [0.15, 0.2) is 0 Å². The SMILES string of the molecule is C=CCCCCCN(C)C(=O)C1CNC1.Cl. The fourth-order valence-electron chi connectivity index (χ4n) is 1.70. The maximum atomic E-state index is 11.7. The van der Waals surface area contributed by atoms with Gasteiger partial charge in [-0.25, -0.2) is 0 Å². The summed E-state index contributed by atoms with van der Waals surface area (Å²) >= 11 is 0. The van der Waals surface area contributed by atoms with E-state index >= 15 is 0 Å². The van der Waals surface area contributed by atoms with Gasteiger partial charge in [0, 0.05) is 26.7 Å². The lowest BCUT2D eigenvalue weighted by Gasteiger charge is -2.30. The maximum absolute atomic E-state index is 11.7. The van der Waals surface area contributed by atoms with Crippen molar-refractivity contribution in [3.05, 3.63) is 12.7 Å². The van der Waals surface area contributed by atoms with Crippen LogP contribution in [0.4, 0.5) is 0 Å². The van der Waals surface area contributed by atoms with Crippen LogP contribution in [0.1, 0.15) is 25.7 Å². The molecular formula is C12H23ClN2O. The van der Waals surface area contributed by atoms with Crippen LogP contribution in [0.3, 0.4) is 0 Å². The molecule has 0 bridgehead atoms. The van der Waals surface area contributed by atoms with E-state index in [9.17, 15) is 4.79 Å². The minimum absolute atomic E-state index is 0. The molecule has 1 aliphatic rings. The minimum Gasteiger partial charge on any atom is -0.345 e. The molecule has 1 fully saturated rings. The van der Waals surface area contributed by atoms with Gasteiger partial charge in [0.25, 0.3) is 0 Å². The van der Waals surface area contributed by atoms with Gasteiger partial charge < -0.3 is 10.2 Å². The second kappa shape index (κ2) is 8.59. The van der Waals surface area contributed by atoms with Crippen LogP contribution in [-0.4, -0.2) is 37.5 Å². The zero-order valence-electron chi connectivity index (χ0n) is 10.1. The molecule has 0 unspecified atom stereocenters. The van der Waals surface area contributed by atoms with Crippen molar-refractivity contribution in [1.29, 1.82) is 0 Å². The van der Waals surface area contributed by atoms with Crippen LogP contribution in [0.2, 0.25) is 0 Å². The van der Waals surface area contributed by atoms with Crippen molar-refractivity contribution in [3.63, 3.8) is 0 Å². The molecule has 3 nitrogen and oxygen atoms in total. The number of nitrogens with one attached hydrogen (secondary N) is 1. The average Bonchev–Trinajstić information content (AvgIpc) is 2.14. The number of allylic oxidation sites excluding steroid dienone is 1. The van der Waals surface area contributed by atoms with Gasteiger partial charge >= 0.3 is 0 Å². The van der Waals surface area contributed by atoms with E-state index in [1.165, 1.54) is 12.8 Å². The summed E-state index contributed by atoms with van der Waals surface area (Å²) in [6, 6.07) is 0. The highest BCUT2D eigenvalue weighted by Crippen LogP contribution is 2.08. The highest BCUT2D eigenvalue weighted by molar-refractivity contribution is 5.85. The second-order valence-corrected chi connectivity index (χ2v) is 4.25. The van der Waals surface area contributed by atoms with Gasteiger partial charge in [-0.05, 0) is 19.3 Å². The van der Waals surface area contributed by atoms with Crippen LogP contribution in [0.25, 0.3) is 0 Å². The first kappa shape index (κ1) is 15.5.